The predicted octanol–water partition coefficient (Wildman–Crippen LogP) is 3.15. The fourth-order valence-electron chi connectivity index (χ4n) is 3.13. The minimum absolute atomic E-state index is 0.382. The Balaban J connectivity index is 2.04. The van der Waals surface area contributed by atoms with Gasteiger partial charge in [-0.3, -0.25) is 4.90 Å². The zero-order chi connectivity index (χ0) is 10.5. The highest BCUT2D eigenvalue weighted by molar-refractivity contribution is 5.07. The van der Waals surface area contributed by atoms with E-state index in [1.165, 1.54) is 19.4 Å². The average molecular weight is 195 g/mol. The number of hydrogen-bond acceptors (Lipinski definition) is 1. The maximum atomic E-state index is 2.76. The molecular formula is C13H25N. The Morgan fingerprint density at radius 2 is 1.93 bits per heavy atom. The van der Waals surface area contributed by atoms with Gasteiger partial charge in [0, 0.05) is 18.1 Å². The Hall–Kier alpha value is -0.0400. The van der Waals surface area contributed by atoms with Crippen LogP contribution in [0, 0.1) is 17.8 Å². The lowest BCUT2D eigenvalue weighted by atomic mass is 9.96. The van der Waals surface area contributed by atoms with Gasteiger partial charge < -0.3 is 0 Å². The topological polar surface area (TPSA) is 3.24 Å². The summed E-state index contributed by atoms with van der Waals surface area (Å²) in [6.07, 6.45) is 2.92. The molecule has 1 heteroatoms. The summed E-state index contributed by atoms with van der Waals surface area (Å²) in [7, 11) is 0. The molecule has 2 aliphatic rings. The van der Waals surface area contributed by atoms with Crippen LogP contribution in [0.4, 0.5) is 0 Å². The van der Waals surface area contributed by atoms with E-state index in [-0.39, 0.29) is 0 Å². The maximum Gasteiger partial charge on any atom is 0.0134 e. The number of rotatable bonds is 2. The SMILES string of the molecule is CC(C)CC1C2CC2CN1C(C)(C)C. The van der Waals surface area contributed by atoms with Gasteiger partial charge in [-0.05, 0) is 51.4 Å². The Bertz CT molecular complexity index is 214. The Morgan fingerprint density at radius 3 is 2.43 bits per heavy atom. The molecule has 1 aliphatic heterocycles. The predicted molar refractivity (Wildman–Crippen MR) is 61.3 cm³/mol. The molecule has 0 bridgehead atoms. The van der Waals surface area contributed by atoms with Gasteiger partial charge in [0.2, 0.25) is 0 Å². The van der Waals surface area contributed by atoms with Crippen LogP contribution in [0.3, 0.4) is 0 Å². The van der Waals surface area contributed by atoms with Crippen LogP contribution in [-0.4, -0.2) is 23.0 Å². The molecule has 0 aromatic heterocycles. The summed E-state index contributed by atoms with van der Waals surface area (Å²) in [4.78, 5) is 2.76. The number of fused-ring (bicyclic) bond motifs is 1. The van der Waals surface area contributed by atoms with Crippen LogP contribution in [0.15, 0.2) is 0 Å². The highest BCUT2D eigenvalue weighted by Crippen LogP contribution is 2.53. The zero-order valence-electron chi connectivity index (χ0n) is 10.4. The average Bonchev–Trinajstić information content (AvgIpc) is 2.67. The maximum absolute atomic E-state index is 2.76. The van der Waals surface area contributed by atoms with E-state index in [0.717, 1.165) is 23.8 Å². The summed E-state index contributed by atoms with van der Waals surface area (Å²) in [5, 5.41) is 0. The zero-order valence-corrected chi connectivity index (χ0v) is 10.4. The minimum Gasteiger partial charge on any atom is -0.295 e. The summed E-state index contributed by atoms with van der Waals surface area (Å²) in [5.41, 5.74) is 0.382. The van der Waals surface area contributed by atoms with E-state index in [1.807, 2.05) is 0 Å². The van der Waals surface area contributed by atoms with Crippen molar-refractivity contribution < 1.29 is 0 Å². The molecule has 2 rings (SSSR count). The van der Waals surface area contributed by atoms with Gasteiger partial charge in [0.1, 0.15) is 0 Å². The van der Waals surface area contributed by atoms with Gasteiger partial charge >= 0.3 is 0 Å². The summed E-state index contributed by atoms with van der Waals surface area (Å²) in [5.74, 6) is 2.96. The number of nitrogens with zero attached hydrogens (tertiary/aromatic N) is 1. The molecule has 0 spiro atoms. The summed E-state index contributed by atoms with van der Waals surface area (Å²) < 4.78 is 0. The Morgan fingerprint density at radius 1 is 1.29 bits per heavy atom. The quantitative estimate of drug-likeness (QED) is 0.654. The second kappa shape index (κ2) is 3.23. The van der Waals surface area contributed by atoms with Crippen molar-refractivity contribution in [1.29, 1.82) is 0 Å². The van der Waals surface area contributed by atoms with Crippen molar-refractivity contribution in [2.75, 3.05) is 6.54 Å². The molecule has 1 aliphatic carbocycles. The smallest absolute Gasteiger partial charge is 0.0134 e. The van der Waals surface area contributed by atoms with E-state index in [4.69, 9.17) is 0 Å². The largest absolute Gasteiger partial charge is 0.295 e. The number of piperidine rings is 1. The highest BCUT2D eigenvalue weighted by atomic mass is 15.3. The van der Waals surface area contributed by atoms with Crippen LogP contribution >= 0.6 is 0 Å². The lowest BCUT2D eigenvalue weighted by molar-refractivity contribution is 0.0873. The van der Waals surface area contributed by atoms with Gasteiger partial charge in [0.25, 0.3) is 0 Å². The first-order chi connectivity index (χ1) is 6.39. The molecule has 3 unspecified atom stereocenters. The van der Waals surface area contributed by atoms with Gasteiger partial charge in [0.05, 0.1) is 0 Å². The van der Waals surface area contributed by atoms with E-state index in [0.29, 0.717) is 5.54 Å². The first-order valence-corrected chi connectivity index (χ1v) is 6.16. The van der Waals surface area contributed by atoms with Gasteiger partial charge in [-0.1, -0.05) is 13.8 Å². The second-order valence-corrected chi connectivity index (χ2v) is 6.68. The standard InChI is InChI=1S/C13H25N/c1-9(2)6-12-11-7-10(11)8-14(12)13(3,4)5/h9-12H,6-8H2,1-5H3. The lowest BCUT2D eigenvalue weighted by Gasteiger charge is -2.39. The van der Waals surface area contributed by atoms with E-state index in [9.17, 15) is 0 Å². The molecule has 0 aromatic carbocycles. The third kappa shape index (κ3) is 1.84. The molecule has 1 saturated heterocycles. The van der Waals surface area contributed by atoms with Gasteiger partial charge in [-0.25, -0.2) is 0 Å². The van der Waals surface area contributed by atoms with Crippen molar-refractivity contribution in [2.24, 2.45) is 17.8 Å². The van der Waals surface area contributed by atoms with Crippen LogP contribution in [0.25, 0.3) is 0 Å². The molecule has 82 valence electrons. The van der Waals surface area contributed by atoms with Crippen LogP contribution in [0.2, 0.25) is 0 Å². The van der Waals surface area contributed by atoms with Gasteiger partial charge in [0.15, 0.2) is 0 Å². The van der Waals surface area contributed by atoms with Crippen molar-refractivity contribution in [3.05, 3.63) is 0 Å². The minimum atomic E-state index is 0.382. The molecule has 2 fully saturated rings. The van der Waals surface area contributed by atoms with Crippen molar-refractivity contribution in [3.8, 4) is 0 Å². The molecule has 0 aromatic rings. The van der Waals surface area contributed by atoms with Gasteiger partial charge in [-0.2, -0.15) is 0 Å². The first kappa shape index (κ1) is 10.5. The summed E-state index contributed by atoms with van der Waals surface area (Å²) in [6, 6.07) is 0.889. The van der Waals surface area contributed by atoms with Crippen molar-refractivity contribution in [3.63, 3.8) is 0 Å². The number of likely N-dealkylation sites (tertiary alicyclic amines) is 1. The lowest BCUT2D eigenvalue weighted by Crippen LogP contribution is -2.47. The first-order valence-electron chi connectivity index (χ1n) is 6.16. The molecule has 0 amide bonds. The second-order valence-electron chi connectivity index (χ2n) is 6.68. The summed E-state index contributed by atoms with van der Waals surface area (Å²) >= 11 is 0. The third-order valence-corrected chi connectivity index (χ3v) is 3.88. The molecule has 1 nitrogen and oxygen atoms in total. The van der Waals surface area contributed by atoms with E-state index >= 15 is 0 Å². The van der Waals surface area contributed by atoms with Crippen molar-refractivity contribution in [2.45, 2.75) is 59.0 Å². The molecule has 1 heterocycles. The molecule has 14 heavy (non-hydrogen) atoms. The molecule has 3 atom stereocenters. The summed E-state index contributed by atoms with van der Waals surface area (Å²) in [6.45, 7) is 13.2. The highest BCUT2D eigenvalue weighted by Gasteiger charge is 2.54. The third-order valence-electron chi connectivity index (χ3n) is 3.88. The van der Waals surface area contributed by atoms with Crippen molar-refractivity contribution >= 4 is 0 Å². The van der Waals surface area contributed by atoms with Crippen molar-refractivity contribution in [1.82, 2.24) is 4.90 Å². The van der Waals surface area contributed by atoms with E-state index in [1.54, 1.807) is 0 Å². The Labute approximate surface area is 88.9 Å². The van der Waals surface area contributed by atoms with Gasteiger partial charge in [-0.15, -0.1) is 0 Å². The fourth-order valence-corrected chi connectivity index (χ4v) is 3.13. The van der Waals surface area contributed by atoms with E-state index < -0.39 is 0 Å². The van der Waals surface area contributed by atoms with Crippen LogP contribution in [0.5, 0.6) is 0 Å². The molecule has 0 N–H and O–H groups in total. The molecule has 0 radical (unpaired) electrons. The van der Waals surface area contributed by atoms with Crippen LogP contribution in [0.1, 0.15) is 47.5 Å². The van der Waals surface area contributed by atoms with E-state index in [2.05, 4.69) is 39.5 Å². The fraction of sp³-hybridized carbons (Fsp3) is 1.00. The molecular weight excluding hydrogens is 170 g/mol. The normalized spacial score (nSPS) is 37.7. The van der Waals surface area contributed by atoms with Crippen LogP contribution < -0.4 is 0 Å². The van der Waals surface area contributed by atoms with Crippen LogP contribution in [-0.2, 0) is 0 Å². The number of hydrogen-bond donors (Lipinski definition) is 0. The Kier molecular flexibility index (Phi) is 2.42. The molecule has 1 saturated carbocycles. The monoisotopic (exact) mass is 195 g/mol.